The number of aryl methyl sites for hydroxylation is 1. The van der Waals surface area contributed by atoms with Crippen LogP contribution in [0.2, 0.25) is 0 Å². The number of H-pyrrole nitrogens is 1. The molecular formula is C23H25NO2S. The Morgan fingerprint density at radius 1 is 1.22 bits per heavy atom. The molecule has 1 aromatic heterocycles. The fourth-order valence-electron chi connectivity index (χ4n) is 3.79. The summed E-state index contributed by atoms with van der Waals surface area (Å²) >= 11 is 1.87. The standard InChI is InChI=1S/C23H25NO2S/c1-15(2)27-18-9-11-22-20(13-18)19-12-17(8-10-21(19)24-22)23(25)26-14-16-6-4-3-5-7-16/h3-7,9,11,13,15,17,24H,8,10,12,14H2,1-2H3. The van der Waals surface area contributed by atoms with Gasteiger partial charge in [-0.2, -0.15) is 0 Å². The van der Waals surface area contributed by atoms with E-state index in [1.54, 1.807) is 0 Å². The maximum atomic E-state index is 12.6. The normalized spacial score (nSPS) is 16.5. The number of aromatic amines is 1. The van der Waals surface area contributed by atoms with Crippen LogP contribution in [-0.2, 0) is 29.0 Å². The van der Waals surface area contributed by atoms with Gasteiger partial charge in [-0.1, -0.05) is 44.2 Å². The molecule has 1 aliphatic rings. The number of rotatable bonds is 5. The topological polar surface area (TPSA) is 42.1 Å². The molecule has 2 aromatic carbocycles. The fourth-order valence-corrected chi connectivity index (χ4v) is 4.67. The molecule has 1 N–H and O–H groups in total. The lowest BCUT2D eigenvalue weighted by Crippen LogP contribution is -2.24. The van der Waals surface area contributed by atoms with Crippen molar-refractivity contribution in [2.75, 3.05) is 0 Å². The Kier molecular flexibility index (Phi) is 5.26. The zero-order chi connectivity index (χ0) is 18.8. The summed E-state index contributed by atoms with van der Waals surface area (Å²) in [6.07, 6.45) is 2.52. The minimum absolute atomic E-state index is 0.0541. The van der Waals surface area contributed by atoms with E-state index in [9.17, 15) is 4.79 Å². The van der Waals surface area contributed by atoms with Gasteiger partial charge in [-0.25, -0.2) is 0 Å². The van der Waals surface area contributed by atoms with Crippen LogP contribution >= 0.6 is 11.8 Å². The van der Waals surface area contributed by atoms with Crippen molar-refractivity contribution in [2.45, 2.75) is 49.9 Å². The summed E-state index contributed by atoms with van der Waals surface area (Å²) in [5.74, 6) is -0.131. The zero-order valence-electron chi connectivity index (χ0n) is 15.8. The van der Waals surface area contributed by atoms with Gasteiger partial charge in [-0.15, -0.1) is 11.8 Å². The second-order valence-corrected chi connectivity index (χ2v) is 9.14. The smallest absolute Gasteiger partial charge is 0.309 e. The molecule has 1 heterocycles. The van der Waals surface area contributed by atoms with E-state index in [4.69, 9.17) is 4.74 Å². The summed E-state index contributed by atoms with van der Waals surface area (Å²) < 4.78 is 5.59. The van der Waals surface area contributed by atoms with Gasteiger partial charge >= 0.3 is 5.97 Å². The van der Waals surface area contributed by atoms with Gasteiger partial charge < -0.3 is 9.72 Å². The van der Waals surface area contributed by atoms with Crippen LogP contribution in [0.3, 0.4) is 0 Å². The Morgan fingerprint density at radius 2 is 2.04 bits per heavy atom. The van der Waals surface area contributed by atoms with E-state index >= 15 is 0 Å². The van der Waals surface area contributed by atoms with E-state index in [0.717, 1.165) is 24.8 Å². The van der Waals surface area contributed by atoms with Crippen molar-refractivity contribution in [3.05, 3.63) is 65.4 Å². The molecule has 0 radical (unpaired) electrons. The van der Waals surface area contributed by atoms with Crippen molar-refractivity contribution >= 4 is 28.6 Å². The first kappa shape index (κ1) is 18.2. The Bertz CT molecular complexity index is 946. The lowest BCUT2D eigenvalue weighted by atomic mass is 9.86. The molecule has 3 nitrogen and oxygen atoms in total. The van der Waals surface area contributed by atoms with Crippen molar-refractivity contribution in [3.63, 3.8) is 0 Å². The summed E-state index contributed by atoms with van der Waals surface area (Å²) in [4.78, 5) is 17.5. The highest BCUT2D eigenvalue weighted by molar-refractivity contribution is 7.99. The second-order valence-electron chi connectivity index (χ2n) is 7.49. The molecule has 0 spiro atoms. The first-order valence-electron chi connectivity index (χ1n) is 9.61. The van der Waals surface area contributed by atoms with Gasteiger partial charge in [-0.3, -0.25) is 4.79 Å². The molecule has 27 heavy (non-hydrogen) atoms. The molecule has 1 atom stereocenters. The number of ether oxygens (including phenoxy) is 1. The van der Waals surface area contributed by atoms with Gasteiger partial charge in [0, 0.05) is 26.7 Å². The highest BCUT2D eigenvalue weighted by atomic mass is 32.2. The van der Waals surface area contributed by atoms with E-state index in [1.165, 1.54) is 27.1 Å². The van der Waals surface area contributed by atoms with Crippen molar-refractivity contribution in [3.8, 4) is 0 Å². The van der Waals surface area contributed by atoms with Crippen LogP contribution in [0.4, 0.5) is 0 Å². The van der Waals surface area contributed by atoms with E-state index in [1.807, 2.05) is 42.1 Å². The van der Waals surface area contributed by atoms with Gasteiger partial charge in [0.15, 0.2) is 0 Å². The number of carbonyl (C=O) groups is 1. The molecule has 0 saturated carbocycles. The Labute approximate surface area is 164 Å². The molecular weight excluding hydrogens is 354 g/mol. The van der Waals surface area contributed by atoms with E-state index in [-0.39, 0.29) is 11.9 Å². The van der Waals surface area contributed by atoms with Crippen LogP contribution in [-0.4, -0.2) is 16.2 Å². The number of hydrogen-bond acceptors (Lipinski definition) is 3. The fraction of sp³-hybridized carbons (Fsp3) is 0.348. The number of esters is 1. The maximum absolute atomic E-state index is 12.6. The third-order valence-electron chi connectivity index (χ3n) is 5.09. The van der Waals surface area contributed by atoms with E-state index in [0.29, 0.717) is 11.9 Å². The number of hydrogen-bond donors (Lipinski definition) is 1. The average molecular weight is 380 g/mol. The van der Waals surface area contributed by atoms with Gasteiger partial charge in [0.2, 0.25) is 0 Å². The van der Waals surface area contributed by atoms with E-state index < -0.39 is 0 Å². The lowest BCUT2D eigenvalue weighted by molar-refractivity contribution is -0.150. The van der Waals surface area contributed by atoms with Crippen molar-refractivity contribution in [1.82, 2.24) is 4.98 Å². The molecule has 0 fully saturated rings. The molecule has 0 saturated heterocycles. The van der Waals surface area contributed by atoms with E-state index in [2.05, 4.69) is 37.0 Å². The SMILES string of the molecule is CC(C)Sc1ccc2[nH]c3c(c2c1)CC(C(=O)OCc1ccccc1)CC3. The van der Waals surface area contributed by atoms with Crippen LogP contribution in [0.5, 0.6) is 0 Å². The number of nitrogens with one attached hydrogen (secondary N) is 1. The van der Waals surface area contributed by atoms with Crippen LogP contribution < -0.4 is 0 Å². The first-order valence-corrected chi connectivity index (χ1v) is 10.5. The van der Waals surface area contributed by atoms with Gasteiger partial charge in [0.1, 0.15) is 6.61 Å². The monoisotopic (exact) mass is 379 g/mol. The van der Waals surface area contributed by atoms with Gasteiger partial charge in [0.25, 0.3) is 0 Å². The first-order chi connectivity index (χ1) is 13.1. The molecule has 140 valence electrons. The highest BCUT2D eigenvalue weighted by Crippen LogP contribution is 2.35. The third kappa shape index (κ3) is 4.06. The summed E-state index contributed by atoms with van der Waals surface area (Å²) in [5.41, 5.74) is 4.78. The number of fused-ring (bicyclic) bond motifs is 3. The Morgan fingerprint density at radius 3 is 2.81 bits per heavy atom. The lowest BCUT2D eigenvalue weighted by Gasteiger charge is -2.21. The van der Waals surface area contributed by atoms with Crippen molar-refractivity contribution < 1.29 is 9.53 Å². The molecule has 0 aliphatic heterocycles. The van der Waals surface area contributed by atoms with Crippen LogP contribution in [0, 0.1) is 5.92 Å². The zero-order valence-corrected chi connectivity index (χ0v) is 16.6. The average Bonchev–Trinajstić information content (AvgIpc) is 3.03. The van der Waals surface area contributed by atoms with Crippen LogP contribution in [0.15, 0.2) is 53.4 Å². The number of aromatic nitrogens is 1. The van der Waals surface area contributed by atoms with Gasteiger partial charge in [0.05, 0.1) is 5.92 Å². The molecule has 0 amide bonds. The predicted molar refractivity (Wildman–Crippen MR) is 111 cm³/mol. The molecule has 1 aliphatic carbocycles. The molecule has 0 bridgehead atoms. The molecule has 3 aromatic rings. The summed E-state index contributed by atoms with van der Waals surface area (Å²) in [6, 6.07) is 16.5. The summed E-state index contributed by atoms with van der Waals surface area (Å²) in [6.45, 7) is 4.77. The second kappa shape index (κ2) is 7.81. The Balaban J connectivity index is 1.50. The largest absolute Gasteiger partial charge is 0.461 e. The minimum Gasteiger partial charge on any atom is -0.461 e. The third-order valence-corrected chi connectivity index (χ3v) is 6.09. The number of carbonyl (C=O) groups excluding carboxylic acids is 1. The predicted octanol–water partition coefficient (Wildman–Crippen LogP) is 5.52. The van der Waals surface area contributed by atoms with Crippen LogP contribution in [0.1, 0.15) is 37.1 Å². The van der Waals surface area contributed by atoms with Crippen molar-refractivity contribution in [1.29, 1.82) is 0 Å². The molecule has 1 unspecified atom stereocenters. The van der Waals surface area contributed by atoms with Crippen molar-refractivity contribution in [2.24, 2.45) is 5.92 Å². The number of benzene rings is 2. The quantitative estimate of drug-likeness (QED) is 0.469. The summed E-state index contributed by atoms with van der Waals surface area (Å²) in [5, 5.41) is 1.81. The molecule has 4 rings (SSSR count). The maximum Gasteiger partial charge on any atom is 0.309 e. The van der Waals surface area contributed by atoms with Crippen LogP contribution in [0.25, 0.3) is 10.9 Å². The number of thioether (sulfide) groups is 1. The molecule has 4 heteroatoms. The highest BCUT2D eigenvalue weighted by Gasteiger charge is 2.28. The Hall–Kier alpha value is -2.20. The summed E-state index contributed by atoms with van der Waals surface area (Å²) in [7, 11) is 0. The van der Waals surface area contributed by atoms with Gasteiger partial charge in [-0.05, 0) is 48.6 Å². The minimum atomic E-state index is -0.0773.